The number of benzene rings is 1. The van der Waals surface area contributed by atoms with E-state index >= 15 is 0 Å². The van der Waals surface area contributed by atoms with E-state index in [9.17, 15) is 4.79 Å². The second kappa shape index (κ2) is 5.86. The Morgan fingerprint density at radius 1 is 1.40 bits per heavy atom. The van der Waals surface area contributed by atoms with Crippen LogP contribution in [0.1, 0.15) is 12.5 Å². The van der Waals surface area contributed by atoms with E-state index < -0.39 is 0 Å². The molecule has 0 atom stereocenters. The van der Waals surface area contributed by atoms with Crippen LogP contribution in [-0.2, 0) is 4.79 Å². The molecule has 1 rings (SSSR count). The molecule has 1 amide bonds. The third-order valence-corrected chi connectivity index (χ3v) is 1.89. The maximum absolute atomic E-state index is 10.9. The van der Waals surface area contributed by atoms with Crippen LogP contribution in [0.3, 0.4) is 0 Å². The summed E-state index contributed by atoms with van der Waals surface area (Å²) in [5, 5.41) is 2.49. The lowest BCUT2D eigenvalue weighted by molar-refractivity contribution is -0.122. The van der Waals surface area contributed by atoms with Crippen molar-refractivity contribution in [3.63, 3.8) is 0 Å². The van der Waals surface area contributed by atoms with Crippen molar-refractivity contribution in [2.45, 2.75) is 6.92 Å². The molecule has 15 heavy (non-hydrogen) atoms. The summed E-state index contributed by atoms with van der Waals surface area (Å²) < 4.78 is 5.26. The standard InChI is InChI=1S/C12H15NO2/c1-3-4-10-5-7-11(8-6-10)15-9-12(14)13-2/h3-8H,9H2,1-2H3,(H,13,14). The summed E-state index contributed by atoms with van der Waals surface area (Å²) in [4.78, 5) is 10.9. The number of rotatable bonds is 4. The molecule has 0 radical (unpaired) electrons. The summed E-state index contributed by atoms with van der Waals surface area (Å²) in [6, 6.07) is 7.58. The SMILES string of the molecule is CC=Cc1ccc(OCC(=O)NC)cc1. The molecule has 0 bridgehead atoms. The van der Waals surface area contributed by atoms with Gasteiger partial charge in [0.1, 0.15) is 5.75 Å². The monoisotopic (exact) mass is 205 g/mol. The first-order valence-corrected chi connectivity index (χ1v) is 4.82. The van der Waals surface area contributed by atoms with Crippen molar-refractivity contribution in [3.05, 3.63) is 35.9 Å². The molecule has 3 heteroatoms. The average molecular weight is 205 g/mol. The minimum atomic E-state index is -0.132. The van der Waals surface area contributed by atoms with Gasteiger partial charge < -0.3 is 10.1 Å². The number of ether oxygens (including phenoxy) is 1. The fraction of sp³-hybridized carbons (Fsp3) is 0.250. The van der Waals surface area contributed by atoms with Gasteiger partial charge in [-0.3, -0.25) is 4.79 Å². The van der Waals surface area contributed by atoms with Crippen LogP contribution in [0.4, 0.5) is 0 Å². The molecule has 0 unspecified atom stereocenters. The first-order valence-electron chi connectivity index (χ1n) is 4.82. The van der Waals surface area contributed by atoms with Crippen LogP contribution in [-0.4, -0.2) is 19.6 Å². The third kappa shape index (κ3) is 3.85. The Bertz CT molecular complexity index is 341. The predicted octanol–water partition coefficient (Wildman–Crippen LogP) is 1.84. The van der Waals surface area contributed by atoms with Crippen molar-refractivity contribution in [3.8, 4) is 5.75 Å². The first kappa shape index (κ1) is 11.3. The molecule has 80 valence electrons. The number of carbonyl (C=O) groups excluding carboxylic acids is 1. The van der Waals surface area contributed by atoms with E-state index in [1.165, 1.54) is 0 Å². The van der Waals surface area contributed by atoms with Gasteiger partial charge >= 0.3 is 0 Å². The maximum Gasteiger partial charge on any atom is 0.257 e. The predicted molar refractivity (Wildman–Crippen MR) is 60.7 cm³/mol. The van der Waals surface area contributed by atoms with Crippen molar-refractivity contribution >= 4 is 12.0 Å². The number of allylic oxidation sites excluding steroid dienone is 1. The summed E-state index contributed by atoms with van der Waals surface area (Å²) in [5.74, 6) is 0.569. The average Bonchev–Trinajstić information content (AvgIpc) is 2.28. The van der Waals surface area contributed by atoms with Gasteiger partial charge in [0.25, 0.3) is 5.91 Å². The number of carbonyl (C=O) groups is 1. The summed E-state index contributed by atoms with van der Waals surface area (Å²) in [6.45, 7) is 2.02. The summed E-state index contributed by atoms with van der Waals surface area (Å²) in [7, 11) is 1.58. The van der Waals surface area contributed by atoms with Crippen LogP contribution in [0.25, 0.3) is 6.08 Å². The lowest BCUT2D eigenvalue weighted by atomic mass is 10.2. The highest BCUT2D eigenvalue weighted by atomic mass is 16.5. The summed E-state index contributed by atoms with van der Waals surface area (Å²) in [5.41, 5.74) is 1.12. The molecule has 1 N–H and O–H groups in total. The zero-order valence-electron chi connectivity index (χ0n) is 8.99. The number of nitrogens with one attached hydrogen (secondary N) is 1. The van der Waals surface area contributed by atoms with Crippen molar-refractivity contribution in [2.24, 2.45) is 0 Å². The largest absolute Gasteiger partial charge is 0.484 e. The highest BCUT2D eigenvalue weighted by Gasteiger charge is 1.98. The molecule has 0 aliphatic carbocycles. The first-order chi connectivity index (χ1) is 7.26. The molecule has 0 fully saturated rings. The second-order valence-corrected chi connectivity index (χ2v) is 3.03. The zero-order valence-corrected chi connectivity index (χ0v) is 8.99. The lowest BCUT2D eigenvalue weighted by Gasteiger charge is -2.04. The van der Waals surface area contributed by atoms with E-state index in [0.29, 0.717) is 5.75 Å². The molecule has 1 aromatic carbocycles. The molecule has 0 aliphatic rings. The number of hydrogen-bond donors (Lipinski definition) is 1. The molecule has 0 saturated carbocycles. The maximum atomic E-state index is 10.9. The van der Waals surface area contributed by atoms with Gasteiger partial charge in [-0.2, -0.15) is 0 Å². The van der Waals surface area contributed by atoms with E-state index in [4.69, 9.17) is 4.74 Å². The quantitative estimate of drug-likeness (QED) is 0.814. The smallest absolute Gasteiger partial charge is 0.257 e. The molecular formula is C12H15NO2. The van der Waals surface area contributed by atoms with Gasteiger partial charge in [0.2, 0.25) is 0 Å². The highest BCUT2D eigenvalue weighted by Crippen LogP contribution is 2.12. The van der Waals surface area contributed by atoms with E-state index in [-0.39, 0.29) is 12.5 Å². The Hall–Kier alpha value is -1.77. The Morgan fingerprint density at radius 2 is 2.07 bits per heavy atom. The number of hydrogen-bond acceptors (Lipinski definition) is 2. The number of likely N-dealkylation sites (N-methyl/N-ethyl adjacent to an activating group) is 1. The van der Waals surface area contributed by atoms with E-state index in [1.54, 1.807) is 7.05 Å². The molecule has 0 spiro atoms. The zero-order chi connectivity index (χ0) is 11.1. The molecule has 1 aromatic rings. The van der Waals surface area contributed by atoms with Gasteiger partial charge in [0, 0.05) is 7.05 Å². The van der Waals surface area contributed by atoms with Crippen LogP contribution >= 0.6 is 0 Å². The second-order valence-electron chi connectivity index (χ2n) is 3.03. The van der Waals surface area contributed by atoms with Crippen LogP contribution < -0.4 is 10.1 Å². The fourth-order valence-corrected chi connectivity index (χ4v) is 1.09. The third-order valence-electron chi connectivity index (χ3n) is 1.89. The van der Waals surface area contributed by atoms with Crippen LogP contribution in [0, 0.1) is 0 Å². The van der Waals surface area contributed by atoms with Gasteiger partial charge in [-0.05, 0) is 24.6 Å². The molecule has 3 nitrogen and oxygen atoms in total. The number of amides is 1. The fourth-order valence-electron chi connectivity index (χ4n) is 1.09. The van der Waals surface area contributed by atoms with Crippen LogP contribution in [0.2, 0.25) is 0 Å². The Balaban J connectivity index is 2.53. The minimum Gasteiger partial charge on any atom is -0.484 e. The van der Waals surface area contributed by atoms with Crippen LogP contribution in [0.5, 0.6) is 5.75 Å². The van der Waals surface area contributed by atoms with Crippen molar-refractivity contribution < 1.29 is 9.53 Å². The van der Waals surface area contributed by atoms with E-state index in [2.05, 4.69) is 5.32 Å². The minimum absolute atomic E-state index is 0.0550. The molecule has 0 aromatic heterocycles. The normalized spacial score (nSPS) is 10.3. The van der Waals surface area contributed by atoms with Gasteiger partial charge in [-0.25, -0.2) is 0 Å². The van der Waals surface area contributed by atoms with Crippen LogP contribution in [0.15, 0.2) is 30.3 Å². The van der Waals surface area contributed by atoms with E-state index in [1.807, 2.05) is 43.3 Å². The van der Waals surface area contributed by atoms with Crippen molar-refractivity contribution in [1.82, 2.24) is 5.32 Å². The van der Waals surface area contributed by atoms with E-state index in [0.717, 1.165) is 5.56 Å². The molecule has 0 heterocycles. The molecule has 0 aliphatic heterocycles. The Morgan fingerprint density at radius 3 is 2.60 bits per heavy atom. The van der Waals surface area contributed by atoms with Gasteiger partial charge in [0.15, 0.2) is 6.61 Å². The van der Waals surface area contributed by atoms with Gasteiger partial charge in [-0.1, -0.05) is 24.3 Å². The summed E-state index contributed by atoms with van der Waals surface area (Å²) in [6.07, 6.45) is 3.98. The van der Waals surface area contributed by atoms with Crippen molar-refractivity contribution in [1.29, 1.82) is 0 Å². The highest BCUT2D eigenvalue weighted by molar-refractivity contribution is 5.77. The molecule has 0 saturated heterocycles. The van der Waals surface area contributed by atoms with Gasteiger partial charge in [-0.15, -0.1) is 0 Å². The van der Waals surface area contributed by atoms with Gasteiger partial charge in [0.05, 0.1) is 0 Å². The topological polar surface area (TPSA) is 38.3 Å². The Kier molecular flexibility index (Phi) is 4.41. The van der Waals surface area contributed by atoms with Crippen molar-refractivity contribution in [2.75, 3.05) is 13.7 Å². The Labute approximate surface area is 89.8 Å². The summed E-state index contributed by atoms with van der Waals surface area (Å²) >= 11 is 0. The lowest BCUT2D eigenvalue weighted by Crippen LogP contribution is -2.24. The molecular weight excluding hydrogens is 190 g/mol.